The maximum Gasteiger partial charge on any atom is 0.320 e. The molecule has 5 rings (SSSR count). The Morgan fingerprint density at radius 1 is 1.08 bits per heavy atom. The second-order valence-electron chi connectivity index (χ2n) is 11.6. The molecule has 0 spiro atoms. The summed E-state index contributed by atoms with van der Waals surface area (Å²) in [5.74, 6) is -0.678. The zero-order valence-electron chi connectivity index (χ0n) is 21.9. The van der Waals surface area contributed by atoms with E-state index < -0.39 is 21.3 Å². The zero-order valence-corrected chi connectivity index (χ0v) is 22.8. The van der Waals surface area contributed by atoms with Crippen LogP contribution in [0.2, 0.25) is 0 Å². The van der Waals surface area contributed by atoms with Gasteiger partial charge >= 0.3 is 6.03 Å². The topological polar surface area (TPSA) is 134 Å². The Kier molecular flexibility index (Phi) is 7.42. The van der Waals surface area contributed by atoms with Gasteiger partial charge in [-0.1, -0.05) is 6.07 Å². The van der Waals surface area contributed by atoms with Crippen LogP contribution in [0.1, 0.15) is 61.1 Å². The van der Waals surface area contributed by atoms with Gasteiger partial charge in [-0.3, -0.25) is 10.0 Å². The number of likely N-dealkylation sites (tertiary alicyclic amines) is 2. The molecule has 2 N–H and O–H groups in total. The maximum atomic E-state index is 13.6. The number of urea groups is 1. The van der Waals surface area contributed by atoms with Gasteiger partial charge in [0.25, 0.3) is 5.91 Å². The number of nitrogens with one attached hydrogen (secondary N) is 1. The van der Waals surface area contributed by atoms with Crippen molar-refractivity contribution in [1.82, 2.24) is 19.6 Å². The number of nitriles is 1. The fraction of sp³-hybridized carbons (Fsp3) is 0.667. The number of sulfonamides is 1. The Morgan fingerprint density at radius 2 is 1.71 bits per heavy atom. The van der Waals surface area contributed by atoms with Crippen molar-refractivity contribution >= 4 is 22.0 Å². The van der Waals surface area contributed by atoms with Crippen molar-refractivity contribution in [3.05, 3.63) is 34.9 Å². The summed E-state index contributed by atoms with van der Waals surface area (Å²) >= 11 is 0. The highest BCUT2D eigenvalue weighted by molar-refractivity contribution is 7.89. The molecule has 38 heavy (non-hydrogen) atoms. The molecule has 3 amide bonds. The van der Waals surface area contributed by atoms with Crippen LogP contribution >= 0.6 is 0 Å². The first-order valence-corrected chi connectivity index (χ1v) is 15.2. The quantitative estimate of drug-likeness (QED) is 0.433. The van der Waals surface area contributed by atoms with Crippen molar-refractivity contribution in [3.8, 4) is 6.07 Å². The SMILES string of the molecule is Cc1cc(C#N)ccc1C1CCN(S(=O)(=O)CC2(C(=O)NO)C[C@H]3CN(C(=O)N4CCCC4)C[C@H]3C2)CC1. The summed E-state index contributed by atoms with van der Waals surface area (Å²) in [5, 5.41) is 18.7. The van der Waals surface area contributed by atoms with Crippen molar-refractivity contribution in [2.75, 3.05) is 45.0 Å². The minimum atomic E-state index is -3.75. The Balaban J connectivity index is 1.23. The van der Waals surface area contributed by atoms with Crippen LogP contribution in [-0.4, -0.2) is 84.7 Å². The van der Waals surface area contributed by atoms with Gasteiger partial charge in [0, 0.05) is 39.3 Å². The molecule has 4 aliphatic rings. The molecule has 206 valence electrons. The average Bonchev–Trinajstić information content (AvgIpc) is 3.64. The first-order valence-electron chi connectivity index (χ1n) is 13.6. The van der Waals surface area contributed by atoms with Gasteiger partial charge in [-0.2, -0.15) is 5.26 Å². The number of piperidine rings is 1. The van der Waals surface area contributed by atoms with E-state index in [-0.39, 0.29) is 29.5 Å². The fourth-order valence-corrected chi connectivity index (χ4v) is 9.34. The largest absolute Gasteiger partial charge is 0.325 e. The molecule has 1 saturated carbocycles. The van der Waals surface area contributed by atoms with Gasteiger partial charge in [-0.25, -0.2) is 23.0 Å². The number of hydrogen-bond donors (Lipinski definition) is 2. The van der Waals surface area contributed by atoms with Gasteiger partial charge in [0.15, 0.2) is 0 Å². The maximum absolute atomic E-state index is 13.6. The number of benzene rings is 1. The van der Waals surface area contributed by atoms with E-state index in [1.807, 2.05) is 28.9 Å². The summed E-state index contributed by atoms with van der Waals surface area (Å²) < 4.78 is 28.7. The van der Waals surface area contributed by atoms with Gasteiger partial charge in [-0.15, -0.1) is 0 Å². The molecule has 0 aromatic heterocycles. The lowest BCUT2D eigenvalue weighted by Gasteiger charge is -2.35. The smallest absolute Gasteiger partial charge is 0.320 e. The lowest BCUT2D eigenvalue weighted by molar-refractivity contribution is -0.138. The van der Waals surface area contributed by atoms with Gasteiger partial charge < -0.3 is 9.80 Å². The van der Waals surface area contributed by atoms with Crippen molar-refractivity contribution in [3.63, 3.8) is 0 Å². The molecule has 1 aromatic rings. The number of carbonyl (C=O) groups excluding carboxylic acids is 2. The molecule has 3 aliphatic heterocycles. The highest BCUT2D eigenvalue weighted by Crippen LogP contribution is 2.50. The summed E-state index contributed by atoms with van der Waals surface area (Å²) in [6, 6.07) is 7.84. The monoisotopic (exact) mass is 543 g/mol. The van der Waals surface area contributed by atoms with Crippen LogP contribution in [0.4, 0.5) is 4.79 Å². The second-order valence-corrected chi connectivity index (χ2v) is 13.6. The molecule has 0 bridgehead atoms. The number of hydroxylamine groups is 1. The van der Waals surface area contributed by atoms with Crippen molar-refractivity contribution in [2.45, 2.75) is 51.4 Å². The average molecular weight is 544 g/mol. The van der Waals surface area contributed by atoms with E-state index in [0.29, 0.717) is 57.4 Å². The number of amides is 3. The highest BCUT2D eigenvalue weighted by atomic mass is 32.2. The Hall–Kier alpha value is -2.68. The van der Waals surface area contributed by atoms with Crippen LogP contribution in [0.5, 0.6) is 0 Å². The van der Waals surface area contributed by atoms with E-state index in [1.165, 1.54) is 4.31 Å². The van der Waals surface area contributed by atoms with Crippen LogP contribution in [0.25, 0.3) is 0 Å². The van der Waals surface area contributed by atoms with Gasteiger partial charge in [0.05, 0.1) is 22.8 Å². The van der Waals surface area contributed by atoms with Crippen molar-refractivity contribution < 1.29 is 23.2 Å². The molecule has 3 saturated heterocycles. The lowest BCUT2D eigenvalue weighted by atomic mass is 9.86. The van der Waals surface area contributed by atoms with Crippen LogP contribution in [0, 0.1) is 35.5 Å². The number of aryl methyl sites for hydroxylation is 1. The molecular weight excluding hydrogens is 506 g/mol. The number of carbonyl (C=O) groups is 2. The summed E-state index contributed by atoms with van der Waals surface area (Å²) in [4.78, 5) is 29.5. The number of fused-ring (bicyclic) bond motifs is 1. The minimum Gasteiger partial charge on any atom is -0.325 e. The standard InChI is InChI=1S/C27H37N5O5S/c1-19-12-20(15-28)4-5-24(19)21-6-10-32(11-7-21)38(36,37)18-27(25(33)29-35)13-22-16-31(17-23(22)14-27)26(34)30-8-2-3-9-30/h4-5,12,21-23,35H,2-3,6-11,13-14,16-18H2,1H3,(H,29,33)/t22-,23+,27?. The first-order chi connectivity index (χ1) is 18.2. The number of hydrogen-bond acceptors (Lipinski definition) is 6. The fourth-order valence-electron chi connectivity index (χ4n) is 7.33. The normalized spacial score (nSPS) is 28.3. The third-order valence-corrected chi connectivity index (χ3v) is 11.3. The molecule has 1 aromatic carbocycles. The molecule has 4 fully saturated rings. The highest BCUT2D eigenvalue weighted by Gasteiger charge is 2.56. The Bertz CT molecular complexity index is 1220. The summed E-state index contributed by atoms with van der Waals surface area (Å²) in [5.41, 5.74) is 3.35. The first kappa shape index (κ1) is 26.9. The molecule has 1 aliphatic carbocycles. The van der Waals surface area contributed by atoms with E-state index >= 15 is 0 Å². The van der Waals surface area contributed by atoms with Gasteiger partial charge in [0.2, 0.25) is 10.0 Å². The third-order valence-electron chi connectivity index (χ3n) is 9.26. The van der Waals surface area contributed by atoms with Crippen LogP contribution in [0.3, 0.4) is 0 Å². The number of rotatable bonds is 5. The second kappa shape index (κ2) is 10.5. The van der Waals surface area contributed by atoms with Crippen molar-refractivity contribution in [1.29, 1.82) is 5.26 Å². The Morgan fingerprint density at radius 3 is 2.26 bits per heavy atom. The van der Waals surface area contributed by atoms with E-state index in [2.05, 4.69) is 6.07 Å². The molecule has 3 atom stereocenters. The minimum absolute atomic E-state index is 0.0409. The Labute approximate surface area is 224 Å². The predicted octanol–water partition coefficient (Wildman–Crippen LogP) is 2.43. The third kappa shape index (κ3) is 5.01. The van der Waals surface area contributed by atoms with E-state index in [4.69, 9.17) is 5.26 Å². The number of nitrogens with zero attached hydrogens (tertiary/aromatic N) is 4. The summed E-state index contributed by atoms with van der Waals surface area (Å²) in [6.07, 6.45) is 4.07. The summed E-state index contributed by atoms with van der Waals surface area (Å²) in [6.45, 7) is 5.32. The molecular formula is C27H37N5O5S. The zero-order chi connectivity index (χ0) is 27.1. The van der Waals surface area contributed by atoms with E-state index in [0.717, 1.165) is 37.1 Å². The van der Waals surface area contributed by atoms with Crippen LogP contribution in [0.15, 0.2) is 18.2 Å². The molecule has 11 heteroatoms. The van der Waals surface area contributed by atoms with E-state index in [9.17, 15) is 23.2 Å². The van der Waals surface area contributed by atoms with Crippen LogP contribution in [-0.2, 0) is 14.8 Å². The predicted molar refractivity (Wildman–Crippen MR) is 140 cm³/mol. The lowest BCUT2D eigenvalue weighted by Crippen LogP contribution is -2.49. The van der Waals surface area contributed by atoms with Crippen molar-refractivity contribution in [2.24, 2.45) is 17.3 Å². The van der Waals surface area contributed by atoms with Gasteiger partial charge in [-0.05, 0) is 86.5 Å². The summed E-state index contributed by atoms with van der Waals surface area (Å²) in [7, 11) is -3.75. The molecule has 10 nitrogen and oxygen atoms in total. The molecule has 0 radical (unpaired) electrons. The van der Waals surface area contributed by atoms with Crippen LogP contribution < -0.4 is 5.48 Å². The van der Waals surface area contributed by atoms with E-state index in [1.54, 1.807) is 11.5 Å². The van der Waals surface area contributed by atoms with Gasteiger partial charge in [0.1, 0.15) is 0 Å². The molecule has 3 heterocycles. The molecule has 1 unspecified atom stereocenters.